The molecule has 3 rings (SSSR count). The molecule has 0 radical (unpaired) electrons. The van der Waals surface area contributed by atoms with Gasteiger partial charge in [0.2, 0.25) is 0 Å². The van der Waals surface area contributed by atoms with Crippen LogP contribution in [-0.4, -0.2) is 12.1 Å². The summed E-state index contributed by atoms with van der Waals surface area (Å²) in [4.78, 5) is 12.4. The molecule has 3 aromatic carbocycles. The summed E-state index contributed by atoms with van der Waals surface area (Å²) in [6.45, 7) is 6.16. The topological polar surface area (TPSA) is 35.5 Å². The molecule has 1 unspecified atom stereocenters. The van der Waals surface area contributed by atoms with Gasteiger partial charge in [-0.15, -0.1) is 0 Å². The third-order valence-corrected chi connectivity index (χ3v) is 4.45. The Morgan fingerprint density at radius 3 is 1.89 bits per heavy atom. The molecule has 0 spiro atoms. The normalized spacial score (nSPS) is 11.7. The van der Waals surface area contributed by atoms with Gasteiger partial charge in [-0.05, 0) is 67.8 Å². The molecular formula is C24H24O3. The maximum atomic E-state index is 12.4. The van der Waals surface area contributed by atoms with E-state index in [9.17, 15) is 4.79 Å². The number of hydrogen-bond donors (Lipinski definition) is 0. The minimum absolute atomic E-state index is 0.158. The number of rotatable bonds is 6. The van der Waals surface area contributed by atoms with Crippen molar-refractivity contribution in [2.75, 3.05) is 0 Å². The molecule has 3 heteroatoms. The highest BCUT2D eigenvalue weighted by Gasteiger charge is 2.10. The highest BCUT2D eigenvalue weighted by Crippen LogP contribution is 2.22. The lowest BCUT2D eigenvalue weighted by atomic mass is 10.0. The van der Waals surface area contributed by atoms with Crippen LogP contribution in [0.3, 0.4) is 0 Å². The fraction of sp³-hybridized carbons (Fsp3) is 0.208. The van der Waals surface area contributed by atoms with E-state index in [4.69, 9.17) is 9.47 Å². The number of carbonyl (C=O) groups excluding carboxylic acids is 1. The summed E-state index contributed by atoms with van der Waals surface area (Å²) in [6.07, 6.45) is 1.10. The average Bonchev–Trinajstić information content (AvgIpc) is 2.70. The Balaban J connectivity index is 1.65. The van der Waals surface area contributed by atoms with Crippen LogP contribution in [0.2, 0.25) is 0 Å². The van der Waals surface area contributed by atoms with Crippen molar-refractivity contribution in [1.29, 1.82) is 0 Å². The van der Waals surface area contributed by atoms with Crippen LogP contribution in [0, 0.1) is 6.92 Å². The lowest BCUT2D eigenvalue weighted by molar-refractivity contribution is 0.0734. The van der Waals surface area contributed by atoms with E-state index in [1.807, 2.05) is 31.2 Å². The lowest BCUT2D eigenvalue weighted by Gasteiger charge is -2.12. The van der Waals surface area contributed by atoms with Gasteiger partial charge >= 0.3 is 5.97 Å². The first-order valence-corrected chi connectivity index (χ1v) is 9.21. The van der Waals surface area contributed by atoms with Crippen LogP contribution in [0.4, 0.5) is 0 Å². The van der Waals surface area contributed by atoms with Crippen LogP contribution < -0.4 is 9.47 Å². The van der Waals surface area contributed by atoms with Crippen molar-refractivity contribution in [2.24, 2.45) is 0 Å². The number of hydrogen-bond acceptors (Lipinski definition) is 3. The van der Waals surface area contributed by atoms with E-state index in [2.05, 4.69) is 38.1 Å². The predicted octanol–water partition coefficient (Wildman–Crippen LogP) is 6.06. The van der Waals surface area contributed by atoms with Crippen molar-refractivity contribution in [3.63, 3.8) is 0 Å². The van der Waals surface area contributed by atoms with Gasteiger partial charge in [0.1, 0.15) is 11.5 Å². The van der Waals surface area contributed by atoms with Crippen LogP contribution in [0.25, 0.3) is 11.1 Å². The minimum atomic E-state index is -0.374. The quantitative estimate of drug-likeness (QED) is 0.396. The fourth-order valence-corrected chi connectivity index (χ4v) is 2.61. The van der Waals surface area contributed by atoms with Crippen LogP contribution in [0.1, 0.15) is 36.2 Å². The molecule has 0 bridgehead atoms. The van der Waals surface area contributed by atoms with Gasteiger partial charge in [-0.2, -0.15) is 0 Å². The molecule has 138 valence electrons. The second-order valence-electron chi connectivity index (χ2n) is 6.64. The second-order valence-corrected chi connectivity index (χ2v) is 6.64. The number of carbonyl (C=O) groups is 1. The number of esters is 1. The van der Waals surface area contributed by atoms with Crippen LogP contribution in [-0.2, 0) is 0 Å². The third-order valence-electron chi connectivity index (χ3n) is 4.45. The Morgan fingerprint density at radius 1 is 0.815 bits per heavy atom. The van der Waals surface area contributed by atoms with E-state index in [0.717, 1.165) is 23.3 Å². The molecule has 27 heavy (non-hydrogen) atoms. The van der Waals surface area contributed by atoms with Gasteiger partial charge in [0.25, 0.3) is 0 Å². The Bertz CT molecular complexity index is 878. The highest BCUT2D eigenvalue weighted by molar-refractivity contribution is 5.91. The molecular weight excluding hydrogens is 336 g/mol. The SMILES string of the molecule is CCC(C)Oc1ccc(OC(=O)c2ccc(-c3ccc(C)cc3)cc2)cc1. The number of ether oxygens (including phenoxy) is 2. The Labute approximate surface area is 160 Å². The maximum Gasteiger partial charge on any atom is 0.343 e. The van der Waals surface area contributed by atoms with E-state index in [1.54, 1.807) is 24.3 Å². The van der Waals surface area contributed by atoms with Crippen LogP contribution in [0.5, 0.6) is 11.5 Å². The van der Waals surface area contributed by atoms with Gasteiger partial charge in [0.05, 0.1) is 11.7 Å². The molecule has 0 aliphatic rings. The summed E-state index contributed by atoms with van der Waals surface area (Å²) in [5.41, 5.74) is 3.93. The van der Waals surface area contributed by atoms with Gasteiger partial charge in [0.15, 0.2) is 0 Å². The van der Waals surface area contributed by atoms with Crippen molar-refractivity contribution in [2.45, 2.75) is 33.3 Å². The fourth-order valence-electron chi connectivity index (χ4n) is 2.61. The predicted molar refractivity (Wildman–Crippen MR) is 108 cm³/mol. The smallest absolute Gasteiger partial charge is 0.343 e. The van der Waals surface area contributed by atoms with Crippen molar-refractivity contribution in [3.05, 3.63) is 83.9 Å². The summed E-state index contributed by atoms with van der Waals surface area (Å²) in [7, 11) is 0. The lowest BCUT2D eigenvalue weighted by Crippen LogP contribution is -2.10. The zero-order valence-electron chi connectivity index (χ0n) is 15.9. The van der Waals surface area contributed by atoms with E-state index in [1.165, 1.54) is 5.56 Å². The number of aryl methyl sites for hydroxylation is 1. The van der Waals surface area contributed by atoms with E-state index < -0.39 is 0 Å². The van der Waals surface area contributed by atoms with Crippen molar-refractivity contribution >= 4 is 5.97 Å². The third kappa shape index (κ3) is 4.98. The molecule has 3 aromatic rings. The summed E-state index contributed by atoms with van der Waals surface area (Å²) in [6, 6.07) is 22.9. The molecule has 1 atom stereocenters. The molecule has 0 heterocycles. The molecule has 0 aromatic heterocycles. The Morgan fingerprint density at radius 2 is 1.33 bits per heavy atom. The van der Waals surface area contributed by atoms with E-state index in [-0.39, 0.29) is 12.1 Å². The van der Waals surface area contributed by atoms with Gasteiger partial charge < -0.3 is 9.47 Å². The van der Waals surface area contributed by atoms with Gasteiger partial charge in [-0.3, -0.25) is 0 Å². The Kier molecular flexibility index (Phi) is 5.92. The largest absolute Gasteiger partial charge is 0.491 e. The monoisotopic (exact) mass is 360 g/mol. The van der Waals surface area contributed by atoms with Crippen molar-refractivity contribution in [1.82, 2.24) is 0 Å². The summed E-state index contributed by atoms with van der Waals surface area (Å²) in [5, 5.41) is 0. The van der Waals surface area contributed by atoms with Crippen molar-refractivity contribution in [3.8, 4) is 22.6 Å². The molecule has 0 amide bonds. The van der Waals surface area contributed by atoms with Gasteiger partial charge in [0, 0.05) is 0 Å². The molecule has 0 saturated heterocycles. The first-order chi connectivity index (χ1) is 13.0. The maximum absolute atomic E-state index is 12.4. The molecule has 3 nitrogen and oxygen atoms in total. The van der Waals surface area contributed by atoms with Gasteiger partial charge in [-0.25, -0.2) is 4.79 Å². The zero-order chi connectivity index (χ0) is 19.2. The van der Waals surface area contributed by atoms with Crippen LogP contribution >= 0.6 is 0 Å². The summed E-state index contributed by atoms with van der Waals surface area (Å²) >= 11 is 0. The Hall–Kier alpha value is -3.07. The summed E-state index contributed by atoms with van der Waals surface area (Å²) in [5.74, 6) is 0.895. The van der Waals surface area contributed by atoms with E-state index >= 15 is 0 Å². The first-order valence-electron chi connectivity index (χ1n) is 9.21. The molecule has 0 aliphatic heterocycles. The van der Waals surface area contributed by atoms with Crippen LogP contribution in [0.15, 0.2) is 72.8 Å². The van der Waals surface area contributed by atoms with Crippen molar-refractivity contribution < 1.29 is 14.3 Å². The van der Waals surface area contributed by atoms with Gasteiger partial charge in [-0.1, -0.05) is 48.9 Å². The second kappa shape index (κ2) is 8.54. The van der Waals surface area contributed by atoms with E-state index in [0.29, 0.717) is 11.3 Å². The molecule has 0 saturated carbocycles. The summed E-state index contributed by atoms with van der Waals surface area (Å²) < 4.78 is 11.2. The average molecular weight is 360 g/mol. The zero-order valence-corrected chi connectivity index (χ0v) is 15.9. The highest BCUT2D eigenvalue weighted by atomic mass is 16.5. The standard InChI is InChI=1S/C24H24O3/c1-4-18(3)26-22-13-15-23(16-14-22)27-24(25)21-11-9-20(10-12-21)19-7-5-17(2)6-8-19/h5-16,18H,4H2,1-3H3. The number of benzene rings is 3. The molecule has 0 aliphatic carbocycles. The molecule has 0 fully saturated rings. The first kappa shape index (κ1) is 18.7. The molecule has 0 N–H and O–H groups in total. The minimum Gasteiger partial charge on any atom is -0.491 e.